The maximum absolute atomic E-state index is 2.45. The van der Waals surface area contributed by atoms with Crippen molar-refractivity contribution in [1.29, 1.82) is 0 Å². The monoisotopic (exact) mass is 294 g/mol. The Balaban J connectivity index is 2.43. The normalized spacial score (nSPS) is 23.4. The number of allylic oxidation sites excluding steroid dienone is 6. The summed E-state index contributed by atoms with van der Waals surface area (Å²) in [5.41, 5.74) is 4.88. The van der Waals surface area contributed by atoms with Crippen LogP contribution in [0.2, 0.25) is 0 Å². The highest BCUT2D eigenvalue weighted by molar-refractivity contribution is 5.34. The highest BCUT2D eigenvalue weighted by Crippen LogP contribution is 2.44. The molecular formula is C22H30. The van der Waals surface area contributed by atoms with Crippen molar-refractivity contribution in [2.24, 2.45) is 0 Å². The lowest BCUT2D eigenvalue weighted by molar-refractivity contribution is 0.382. The lowest BCUT2D eigenvalue weighted by atomic mass is 9.69. The predicted octanol–water partition coefficient (Wildman–Crippen LogP) is 6.75. The van der Waals surface area contributed by atoms with E-state index >= 15 is 0 Å². The van der Waals surface area contributed by atoms with Gasteiger partial charge < -0.3 is 0 Å². The molecule has 0 amide bonds. The molecule has 0 spiro atoms. The zero-order valence-corrected chi connectivity index (χ0v) is 14.4. The Hall–Kier alpha value is -1.56. The van der Waals surface area contributed by atoms with Crippen LogP contribution in [0, 0.1) is 0 Å². The van der Waals surface area contributed by atoms with Crippen LogP contribution < -0.4 is 0 Å². The van der Waals surface area contributed by atoms with E-state index in [1.807, 2.05) is 0 Å². The minimum Gasteiger partial charge on any atom is -0.0884 e. The van der Waals surface area contributed by atoms with E-state index in [-0.39, 0.29) is 5.41 Å². The first-order valence-electron chi connectivity index (χ1n) is 8.75. The second-order valence-electron chi connectivity index (χ2n) is 6.47. The van der Waals surface area contributed by atoms with Gasteiger partial charge in [0.1, 0.15) is 0 Å². The lowest BCUT2D eigenvalue weighted by Crippen LogP contribution is -2.27. The van der Waals surface area contributed by atoms with Crippen LogP contribution in [0.5, 0.6) is 0 Å². The second kappa shape index (κ2) is 8.17. The van der Waals surface area contributed by atoms with Gasteiger partial charge in [0.05, 0.1) is 0 Å². The molecule has 0 radical (unpaired) electrons. The van der Waals surface area contributed by atoms with Gasteiger partial charge in [-0.1, -0.05) is 72.7 Å². The smallest absolute Gasteiger partial charge is 0.00304 e. The molecule has 2 rings (SSSR count). The van der Waals surface area contributed by atoms with Gasteiger partial charge in [0.2, 0.25) is 0 Å². The van der Waals surface area contributed by atoms with Crippen LogP contribution in [0.25, 0.3) is 0 Å². The van der Waals surface area contributed by atoms with Crippen molar-refractivity contribution in [3.8, 4) is 0 Å². The molecule has 1 atom stereocenters. The van der Waals surface area contributed by atoms with Gasteiger partial charge >= 0.3 is 0 Å². The molecule has 1 aliphatic rings. The third kappa shape index (κ3) is 4.00. The molecule has 0 saturated carbocycles. The highest BCUT2D eigenvalue weighted by Gasteiger charge is 2.33. The number of hydrogen-bond acceptors (Lipinski definition) is 0. The average molecular weight is 294 g/mol. The molecule has 1 aromatic rings. The van der Waals surface area contributed by atoms with E-state index in [1.165, 1.54) is 43.2 Å². The van der Waals surface area contributed by atoms with E-state index in [0.29, 0.717) is 0 Å². The van der Waals surface area contributed by atoms with Crippen LogP contribution in [0.15, 0.2) is 65.8 Å². The van der Waals surface area contributed by atoms with Gasteiger partial charge in [-0.25, -0.2) is 0 Å². The summed E-state index contributed by atoms with van der Waals surface area (Å²) in [6.07, 6.45) is 16.6. The molecule has 0 aromatic heterocycles. The molecular weight excluding hydrogens is 264 g/mol. The fourth-order valence-corrected chi connectivity index (χ4v) is 3.78. The largest absolute Gasteiger partial charge is 0.0884 e. The summed E-state index contributed by atoms with van der Waals surface area (Å²) in [4.78, 5) is 0. The quantitative estimate of drug-likeness (QED) is 0.527. The Labute approximate surface area is 136 Å². The molecule has 0 nitrogen and oxygen atoms in total. The lowest BCUT2D eigenvalue weighted by Gasteiger charge is -2.35. The van der Waals surface area contributed by atoms with Crippen LogP contribution in [0.1, 0.15) is 64.9 Å². The fourth-order valence-electron chi connectivity index (χ4n) is 3.78. The summed E-state index contributed by atoms with van der Waals surface area (Å²) >= 11 is 0. The summed E-state index contributed by atoms with van der Waals surface area (Å²) in [5.74, 6) is 0. The van der Waals surface area contributed by atoms with Crippen molar-refractivity contribution < 1.29 is 0 Å². The maximum atomic E-state index is 2.45. The van der Waals surface area contributed by atoms with Crippen LogP contribution in [-0.2, 0) is 5.41 Å². The zero-order chi connectivity index (χ0) is 15.8. The molecule has 1 aromatic carbocycles. The summed E-state index contributed by atoms with van der Waals surface area (Å²) in [6, 6.07) is 11.2. The molecule has 0 bridgehead atoms. The Morgan fingerprint density at radius 3 is 2.59 bits per heavy atom. The Morgan fingerprint density at radius 2 is 1.95 bits per heavy atom. The van der Waals surface area contributed by atoms with E-state index in [4.69, 9.17) is 0 Å². The summed E-state index contributed by atoms with van der Waals surface area (Å²) in [7, 11) is 0. The Bertz CT molecular complexity index is 545. The van der Waals surface area contributed by atoms with Crippen LogP contribution in [0.3, 0.4) is 0 Å². The molecule has 118 valence electrons. The topological polar surface area (TPSA) is 0 Å². The molecule has 1 unspecified atom stereocenters. The SMILES string of the molecule is CC=CC1=CCCCC(CC(=CC)CC)(c2ccccc2)C1. The molecule has 0 aliphatic heterocycles. The number of rotatable bonds is 5. The van der Waals surface area contributed by atoms with Gasteiger partial charge in [-0.3, -0.25) is 0 Å². The van der Waals surface area contributed by atoms with Crippen molar-refractivity contribution in [2.75, 3.05) is 0 Å². The van der Waals surface area contributed by atoms with E-state index in [2.05, 4.69) is 75.4 Å². The molecule has 0 heteroatoms. The van der Waals surface area contributed by atoms with Crippen LogP contribution >= 0.6 is 0 Å². The van der Waals surface area contributed by atoms with Gasteiger partial charge in [-0.15, -0.1) is 0 Å². The molecule has 22 heavy (non-hydrogen) atoms. The van der Waals surface area contributed by atoms with Gasteiger partial charge in [0.25, 0.3) is 0 Å². The first kappa shape index (κ1) is 16.8. The van der Waals surface area contributed by atoms with Gasteiger partial charge in [-0.2, -0.15) is 0 Å². The van der Waals surface area contributed by atoms with Gasteiger partial charge in [0.15, 0.2) is 0 Å². The first-order chi connectivity index (χ1) is 10.7. The molecule has 0 saturated heterocycles. The van der Waals surface area contributed by atoms with Crippen LogP contribution in [-0.4, -0.2) is 0 Å². The molecule has 0 heterocycles. The average Bonchev–Trinajstić information content (AvgIpc) is 2.77. The highest BCUT2D eigenvalue weighted by atomic mass is 14.4. The number of hydrogen-bond donors (Lipinski definition) is 0. The minimum absolute atomic E-state index is 0.265. The summed E-state index contributed by atoms with van der Waals surface area (Å²) in [5, 5.41) is 0. The third-order valence-electron chi connectivity index (χ3n) is 5.00. The second-order valence-corrected chi connectivity index (χ2v) is 6.47. The van der Waals surface area contributed by atoms with Crippen molar-refractivity contribution in [3.63, 3.8) is 0 Å². The fraction of sp³-hybridized carbons (Fsp3) is 0.455. The molecule has 1 aliphatic carbocycles. The summed E-state index contributed by atoms with van der Waals surface area (Å²) in [6.45, 7) is 6.60. The van der Waals surface area contributed by atoms with E-state index in [0.717, 1.165) is 6.42 Å². The zero-order valence-electron chi connectivity index (χ0n) is 14.4. The van der Waals surface area contributed by atoms with Crippen molar-refractivity contribution >= 4 is 0 Å². The number of benzene rings is 1. The van der Waals surface area contributed by atoms with Crippen molar-refractivity contribution in [1.82, 2.24) is 0 Å². The summed E-state index contributed by atoms with van der Waals surface area (Å²) < 4.78 is 0. The Kier molecular flexibility index (Phi) is 6.24. The van der Waals surface area contributed by atoms with Gasteiger partial charge in [-0.05, 0) is 57.9 Å². The van der Waals surface area contributed by atoms with Crippen molar-refractivity contribution in [3.05, 3.63) is 71.3 Å². The predicted molar refractivity (Wildman–Crippen MR) is 98.2 cm³/mol. The standard InChI is InChI=1S/C22H30/c1-4-12-20-13-10-11-16-22(18-20,17-19(5-2)6-3)21-14-8-7-9-15-21/h4-5,7-9,12-15H,6,10-11,16-18H2,1-3H3. The van der Waals surface area contributed by atoms with Gasteiger partial charge in [0, 0.05) is 5.41 Å². The first-order valence-corrected chi connectivity index (χ1v) is 8.75. The maximum Gasteiger partial charge on any atom is 0.00304 e. The Morgan fingerprint density at radius 1 is 1.18 bits per heavy atom. The molecule has 0 N–H and O–H groups in total. The van der Waals surface area contributed by atoms with E-state index in [1.54, 1.807) is 5.57 Å². The van der Waals surface area contributed by atoms with Crippen LogP contribution in [0.4, 0.5) is 0 Å². The van der Waals surface area contributed by atoms with E-state index < -0.39 is 0 Å². The van der Waals surface area contributed by atoms with Crippen molar-refractivity contribution in [2.45, 2.75) is 64.7 Å². The minimum atomic E-state index is 0.265. The van der Waals surface area contributed by atoms with E-state index in [9.17, 15) is 0 Å². The third-order valence-corrected chi connectivity index (χ3v) is 5.00. The molecule has 0 fully saturated rings.